The Bertz CT molecular complexity index is 1440. The van der Waals surface area contributed by atoms with Crippen LogP contribution in [0.5, 0.6) is 0 Å². The molecule has 3 aromatic rings. The molecule has 5 rings (SSSR count). The molecule has 10 nitrogen and oxygen atoms in total. The fourth-order valence-corrected chi connectivity index (χ4v) is 6.20. The van der Waals surface area contributed by atoms with Crippen LogP contribution in [-0.4, -0.2) is 81.0 Å². The molecule has 3 N–H and O–H groups in total. The van der Waals surface area contributed by atoms with Gasteiger partial charge in [0, 0.05) is 19.5 Å². The van der Waals surface area contributed by atoms with Crippen molar-refractivity contribution in [2.24, 2.45) is 0 Å². The zero-order valence-electron chi connectivity index (χ0n) is 22.5. The number of para-hydroxylation sites is 1. The lowest BCUT2D eigenvalue weighted by molar-refractivity contribution is -0.157. The highest BCUT2D eigenvalue weighted by atomic mass is 32.1. The summed E-state index contributed by atoms with van der Waals surface area (Å²) in [4.78, 5) is 48.6. The van der Waals surface area contributed by atoms with E-state index in [1.165, 1.54) is 16.3 Å². The summed E-state index contributed by atoms with van der Waals surface area (Å²) in [6.07, 6.45) is 7.22. The molecule has 11 heteroatoms. The maximum atomic E-state index is 14.0. The van der Waals surface area contributed by atoms with E-state index in [1.54, 1.807) is 14.8 Å². The first-order valence-electron chi connectivity index (χ1n) is 13.4. The van der Waals surface area contributed by atoms with Gasteiger partial charge in [-0.15, -0.1) is 6.42 Å². The van der Waals surface area contributed by atoms with Gasteiger partial charge in [0.1, 0.15) is 12.2 Å². The molecule has 0 spiro atoms. The van der Waals surface area contributed by atoms with E-state index < -0.39 is 12.2 Å². The minimum atomic E-state index is -0.728. The second kappa shape index (κ2) is 11.9. The number of hydrogen-bond acceptors (Lipinski definition) is 7. The Hall–Kier alpha value is -4.14. The van der Waals surface area contributed by atoms with E-state index >= 15 is 0 Å². The lowest BCUT2D eigenvalue weighted by Gasteiger charge is -2.46. The third-order valence-electron chi connectivity index (χ3n) is 7.31. The number of nitrogens with one attached hydrogen (secondary N) is 1. The number of carbonyl (C=O) groups excluding carboxylic acids is 3. The van der Waals surface area contributed by atoms with Crippen molar-refractivity contribution in [1.82, 2.24) is 30.1 Å². The maximum absolute atomic E-state index is 14.0. The van der Waals surface area contributed by atoms with Crippen LogP contribution in [0.1, 0.15) is 30.9 Å². The van der Waals surface area contributed by atoms with Crippen LogP contribution in [0.15, 0.2) is 48.5 Å². The number of nitrogens with two attached hydrogens (primary N) is 1. The predicted octanol–water partition coefficient (Wildman–Crippen LogP) is 2.66. The Kier molecular flexibility index (Phi) is 8.19. The molecular weight excluding hydrogens is 526 g/mol. The van der Waals surface area contributed by atoms with Gasteiger partial charge in [-0.3, -0.25) is 9.59 Å². The van der Waals surface area contributed by atoms with Gasteiger partial charge in [0.15, 0.2) is 5.13 Å². The molecule has 0 unspecified atom stereocenters. The molecule has 40 heavy (non-hydrogen) atoms. The summed E-state index contributed by atoms with van der Waals surface area (Å²) >= 11 is 1.40. The molecule has 0 saturated carbocycles. The first-order chi connectivity index (χ1) is 19.4. The minimum Gasteiger partial charge on any atom is -0.375 e. The Balaban J connectivity index is 1.49. The maximum Gasteiger partial charge on any atom is 0.332 e. The van der Waals surface area contributed by atoms with Gasteiger partial charge >= 0.3 is 6.03 Å². The molecule has 2 aliphatic rings. The molecule has 2 saturated heterocycles. The molecule has 0 bridgehead atoms. The number of fused-ring (bicyclic) bond motifs is 2. The fourth-order valence-electron chi connectivity index (χ4n) is 5.41. The summed E-state index contributed by atoms with van der Waals surface area (Å²) in [7, 11) is 0. The Morgan fingerprint density at radius 1 is 1.23 bits per heavy atom. The number of urea groups is 1. The second-order valence-electron chi connectivity index (χ2n) is 9.97. The largest absolute Gasteiger partial charge is 0.375 e. The van der Waals surface area contributed by atoms with E-state index in [-0.39, 0.29) is 37.5 Å². The fraction of sp³-hybridized carbons (Fsp3) is 0.379. The molecule has 0 aliphatic carbocycles. The summed E-state index contributed by atoms with van der Waals surface area (Å²) in [5.74, 6) is 2.20. The average molecular weight is 560 g/mol. The molecule has 2 fully saturated rings. The van der Waals surface area contributed by atoms with Crippen molar-refractivity contribution in [3.05, 3.63) is 59.7 Å². The van der Waals surface area contributed by atoms with Crippen molar-refractivity contribution in [1.29, 1.82) is 0 Å². The van der Waals surface area contributed by atoms with E-state index in [0.29, 0.717) is 24.6 Å². The van der Waals surface area contributed by atoms with Crippen molar-refractivity contribution in [3.8, 4) is 12.3 Å². The van der Waals surface area contributed by atoms with Gasteiger partial charge in [0.25, 0.3) is 0 Å². The van der Waals surface area contributed by atoms with Gasteiger partial charge in [-0.1, -0.05) is 73.1 Å². The number of piperazine rings is 1. The minimum absolute atomic E-state index is 0.00425. The highest BCUT2D eigenvalue weighted by Crippen LogP contribution is 2.32. The quantitative estimate of drug-likeness (QED) is 0.308. The van der Waals surface area contributed by atoms with E-state index in [9.17, 15) is 14.4 Å². The third kappa shape index (κ3) is 5.46. The van der Waals surface area contributed by atoms with Crippen LogP contribution in [0.3, 0.4) is 0 Å². The Morgan fingerprint density at radius 3 is 2.77 bits per heavy atom. The SMILES string of the molecule is C#CCN(C(=O)NCCCC)N1CC(=O)N2[C@@H](Cc3ccccc3)C(=O)N(Cc3cccc4sc(N)nc34)C[C@@H]21. The van der Waals surface area contributed by atoms with Crippen molar-refractivity contribution in [3.63, 3.8) is 0 Å². The van der Waals surface area contributed by atoms with Crippen molar-refractivity contribution in [2.75, 3.05) is 31.9 Å². The van der Waals surface area contributed by atoms with Gasteiger partial charge in [0.2, 0.25) is 11.8 Å². The average Bonchev–Trinajstić information content (AvgIpc) is 3.49. The first kappa shape index (κ1) is 27.4. The number of nitrogen functional groups attached to an aromatic ring is 1. The number of terminal acetylenes is 1. The zero-order chi connectivity index (χ0) is 28.2. The van der Waals surface area contributed by atoms with E-state index in [2.05, 4.69) is 16.2 Å². The number of carbonyl (C=O) groups is 3. The van der Waals surface area contributed by atoms with Crippen LogP contribution < -0.4 is 11.1 Å². The molecule has 3 heterocycles. The summed E-state index contributed by atoms with van der Waals surface area (Å²) in [5.41, 5.74) is 8.57. The molecule has 0 radical (unpaired) electrons. The molecule has 2 atom stereocenters. The number of hydrogen-bond donors (Lipinski definition) is 2. The van der Waals surface area contributed by atoms with Gasteiger partial charge in [-0.25, -0.2) is 14.8 Å². The monoisotopic (exact) mass is 559 g/mol. The van der Waals surface area contributed by atoms with Crippen LogP contribution in [0, 0.1) is 12.3 Å². The Morgan fingerprint density at radius 2 is 2.02 bits per heavy atom. The van der Waals surface area contributed by atoms with Gasteiger partial charge in [-0.2, -0.15) is 5.01 Å². The molecule has 2 aromatic carbocycles. The van der Waals surface area contributed by atoms with E-state index in [4.69, 9.17) is 12.2 Å². The third-order valence-corrected chi connectivity index (χ3v) is 8.16. The zero-order valence-corrected chi connectivity index (χ0v) is 23.3. The van der Waals surface area contributed by atoms with Gasteiger partial charge in [-0.05, 0) is 23.6 Å². The molecule has 4 amide bonds. The van der Waals surface area contributed by atoms with Crippen molar-refractivity contribution < 1.29 is 14.4 Å². The van der Waals surface area contributed by atoms with E-state index in [1.807, 2.05) is 55.5 Å². The molecular formula is C29H33N7O3S. The highest BCUT2D eigenvalue weighted by molar-refractivity contribution is 7.22. The summed E-state index contributed by atoms with van der Waals surface area (Å²) in [6, 6.07) is 14.4. The van der Waals surface area contributed by atoms with Crippen molar-refractivity contribution >= 4 is 44.5 Å². The number of aromatic nitrogens is 1. The lowest BCUT2D eigenvalue weighted by atomic mass is 10.00. The standard InChI is InChI=1S/C29H33N7O3S/c1-3-5-14-31-29(39)34(15-4-2)35-19-25(37)36-22(16-20-10-7-6-8-11-20)27(38)33(18-24(35)36)17-21-12-9-13-23-26(21)32-28(30)40-23/h2,6-13,22,24H,3,5,14-19H2,1H3,(H2,30,32)(H,31,39)/t22-,24+/m0/s1. The van der Waals surface area contributed by atoms with Crippen LogP contribution in [0.25, 0.3) is 10.2 Å². The first-order valence-corrected chi connectivity index (χ1v) is 14.3. The summed E-state index contributed by atoms with van der Waals surface area (Å²) in [6.45, 7) is 3.03. The number of rotatable bonds is 9. The summed E-state index contributed by atoms with van der Waals surface area (Å²) in [5, 5.41) is 6.51. The molecule has 1 aromatic heterocycles. The number of anilines is 1. The summed E-state index contributed by atoms with van der Waals surface area (Å²) < 4.78 is 0.948. The number of thiazole rings is 1. The van der Waals surface area contributed by atoms with Crippen LogP contribution >= 0.6 is 11.3 Å². The van der Waals surface area contributed by atoms with Crippen LogP contribution in [-0.2, 0) is 22.6 Å². The van der Waals surface area contributed by atoms with Crippen LogP contribution in [0.2, 0.25) is 0 Å². The van der Waals surface area contributed by atoms with Crippen molar-refractivity contribution in [2.45, 2.75) is 44.9 Å². The lowest BCUT2D eigenvalue weighted by Crippen LogP contribution is -2.66. The van der Waals surface area contributed by atoms with Gasteiger partial charge < -0.3 is 20.9 Å². The second-order valence-corrected chi connectivity index (χ2v) is 11.0. The smallest absolute Gasteiger partial charge is 0.332 e. The topological polar surface area (TPSA) is 115 Å². The Labute approximate surface area is 237 Å². The number of nitrogens with zero attached hydrogens (tertiary/aromatic N) is 5. The number of unbranched alkanes of at least 4 members (excludes halogenated alkanes) is 1. The number of benzene rings is 2. The highest BCUT2D eigenvalue weighted by Gasteiger charge is 2.52. The predicted molar refractivity (Wildman–Crippen MR) is 155 cm³/mol. The molecule has 208 valence electrons. The van der Waals surface area contributed by atoms with Gasteiger partial charge in [0.05, 0.1) is 29.9 Å². The normalized spacial score (nSPS) is 19.1. The van der Waals surface area contributed by atoms with Crippen LogP contribution in [0.4, 0.5) is 9.93 Å². The number of hydrazine groups is 1. The van der Waals surface area contributed by atoms with E-state index in [0.717, 1.165) is 34.2 Å². The number of amides is 4. The molecule has 2 aliphatic heterocycles.